The molecule has 0 aromatic rings. The molecule has 4 heavy (non-hydrogen) atoms. The van der Waals surface area contributed by atoms with Gasteiger partial charge in [0.25, 0.3) is 0 Å². The van der Waals surface area contributed by atoms with E-state index in [-0.39, 0.29) is 0 Å². The van der Waals surface area contributed by atoms with Crippen LogP contribution in [-0.4, -0.2) is 0 Å². The van der Waals surface area contributed by atoms with Crippen LogP contribution in [0, 0.1) is 18.0 Å². The van der Waals surface area contributed by atoms with Gasteiger partial charge in [-0.25, -0.2) is 0 Å². The van der Waals surface area contributed by atoms with Gasteiger partial charge < -0.3 is 0 Å². The molecule has 0 aromatic carbocycles. The minimum absolute atomic E-state index is 0.618. The molecule has 0 aliphatic heterocycles. The van der Waals surface area contributed by atoms with E-state index >= 15 is 0 Å². The Balaban J connectivity index is 2.32. The molecule has 0 nitrogen and oxygen atoms in total. The predicted molar refractivity (Wildman–Crippen MR) is 42.1 cm³/mol. The standard InChI is InChI=1S/3HI.Sm/h3*1H;/q;;;+3/p-3. The molecule has 0 atom stereocenters. The van der Waals surface area contributed by atoms with Gasteiger partial charge in [0.1, 0.15) is 0 Å². The zero-order valence-electron chi connectivity index (χ0n) is 1.54. The average molecular weight is 531 g/mol. The molecular formula is I3Sm. The molecule has 0 amide bonds. The monoisotopic (exact) mass is 533 g/mol. The Hall–Kier alpha value is 3.53. The van der Waals surface area contributed by atoms with Gasteiger partial charge in [-0.15, -0.1) is 0 Å². The van der Waals surface area contributed by atoms with E-state index in [9.17, 15) is 0 Å². The molecule has 27 valence electrons. The van der Waals surface area contributed by atoms with Crippen LogP contribution in [-0.2, 0) is 0 Å². The number of hydrogen-bond acceptors (Lipinski definition) is 0. The van der Waals surface area contributed by atoms with Crippen molar-refractivity contribution in [3.63, 3.8) is 0 Å². The van der Waals surface area contributed by atoms with Crippen molar-refractivity contribution in [3.8, 4) is 0 Å². The van der Waals surface area contributed by atoms with Gasteiger partial charge in [-0.3, -0.25) is 0 Å². The van der Waals surface area contributed by atoms with Gasteiger partial charge in [-0.1, -0.05) is 0 Å². The second-order valence-electron chi connectivity index (χ2n) is 0.175. The fourth-order valence-electron chi connectivity index (χ4n) is 0. The van der Waals surface area contributed by atoms with Crippen molar-refractivity contribution in [2.45, 2.75) is 0 Å². The van der Waals surface area contributed by atoms with Gasteiger partial charge in [-0.05, 0) is 0 Å². The zero-order chi connectivity index (χ0) is 3.58. The fraction of sp³-hybridized carbons (Fsp3) is 0. The first-order valence-corrected chi connectivity index (χ1v) is 23.0. The SMILES string of the molecule is [I][Sm]([I])[I]. The first-order valence-electron chi connectivity index (χ1n) is 0.463. The molecule has 0 bridgehead atoms. The Kier molecular flexibility index (Phi) is 8.81. The summed E-state index contributed by atoms with van der Waals surface area (Å²) in [6.45, 7) is 0. The van der Waals surface area contributed by atoms with Crippen molar-refractivity contribution < 1.29 is 18.0 Å². The average Bonchev–Trinajstić information content (AvgIpc) is 0.811. The molecular weight excluding hydrogens is 531 g/mol. The van der Waals surface area contributed by atoms with Crippen LogP contribution in [0.3, 0.4) is 0 Å². The molecule has 0 N–H and O–H groups in total. The first kappa shape index (κ1) is 7.53. The maximum atomic E-state index is 2.51. The fourth-order valence-corrected chi connectivity index (χ4v) is 0. The van der Waals surface area contributed by atoms with Crippen LogP contribution in [0.5, 0.6) is 0 Å². The second-order valence-corrected chi connectivity index (χ2v) is 58.4. The van der Waals surface area contributed by atoms with Crippen LogP contribution in [0.2, 0.25) is 0 Å². The van der Waals surface area contributed by atoms with E-state index in [4.69, 9.17) is 0 Å². The third-order valence-electron chi connectivity index (χ3n) is 0. The van der Waals surface area contributed by atoms with Crippen molar-refractivity contribution >= 4 is 42.9 Å². The van der Waals surface area contributed by atoms with Crippen LogP contribution in [0.1, 0.15) is 0 Å². The normalized spacial score (nSPS) is 9.00. The molecule has 0 heterocycles. The van der Waals surface area contributed by atoms with E-state index in [1.165, 1.54) is 0 Å². The van der Waals surface area contributed by atoms with E-state index in [1.807, 2.05) is 0 Å². The summed E-state index contributed by atoms with van der Waals surface area (Å²) < 4.78 is 0. The van der Waals surface area contributed by atoms with Gasteiger partial charge in [-0.2, -0.15) is 0 Å². The van der Waals surface area contributed by atoms with E-state index < -0.39 is 18.0 Å². The summed E-state index contributed by atoms with van der Waals surface area (Å²) >= 11 is 6.92. The van der Waals surface area contributed by atoms with Crippen molar-refractivity contribution in [1.82, 2.24) is 0 Å². The van der Waals surface area contributed by atoms with Crippen molar-refractivity contribution in [2.75, 3.05) is 0 Å². The summed E-state index contributed by atoms with van der Waals surface area (Å²) in [6, 6.07) is 0. The summed E-state index contributed by atoms with van der Waals surface area (Å²) in [5.74, 6) is 0. The molecule has 0 radical (unpaired) electrons. The van der Waals surface area contributed by atoms with Gasteiger partial charge in [0.15, 0.2) is 0 Å². The molecule has 4 heteroatoms. The molecule has 0 spiro atoms. The third-order valence-corrected chi connectivity index (χ3v) is 0. The van der Waals surface area contributed by atoms with Crippen LogP contribution in [0.15, 0.2) is 0 Å². The zero-order valence-corrected chi connectivity index (χ0v) is 10.6. The van der Waals surface area contributed by atoms with Gasteiger partial charge >= 0.3 is 60.9 Å². The summed E-state index contributed by atoms with van der Waals surface area (Å²) in [6.07, 6.45) is 0. The second kappa shape index (κ2) is 4.68. The first-order chi connectivity index (χ1) is 1.73. The summed E-state index contributed by atoms with van der Waals surface area (Å²) in [7, 11) is 0. The predicted octanol–water partition coefficient (Wildman–Crippen LogP) is 2.66. The Morgan fingerprint density at radius 3 is 1.00 bits per heavy atom. The quantitative estimate of drug-likeness (QED) is 0.423. The van der Waals surface area contributed by atoms with Crippen LogP contribution in [0.4, 0.5) is 0 Å². The van der Waals surface area contributed by atoms with Crippen molar-refractivity contribution in [3.05, 3.63) is 0 Å². The molecule has 0 rings (SSSR count). The van der Waals surface area contributed by atoms with Crippen molar-refractivity contribution in [1.29, 1.82) is 0 Å². The van der Waals surface area contributed by atoms with Crippen LogP contribution in [0.25, 0.3) is 0 Å². The molecule has 0 fully saturated rings. The molecule has 0 saturated heterocycles. The van der Waals surface area contributed by atoms with E-state index in [0.29, 0.717) is 0 Å². The number of halogens is 3. The van der Waals surface area contributed by atoms with E-state index in [2.05, 4.69) is 42.9 Å². The molecule has 0 saturated carbocycles. The number of hydrogen-bond donors (Lipinski definition) is 0. The summed E-state index contributed by atoms with van der Waals surface area (Å²) in [5, 5.41) is 0. The Morgan fingerprint density at radius 1 is 1.00 bits per heavy atom. The van der Waals surface area contributed by atoms with Crippen molar-refractivity contribution in [2.24, 2.45) is 0 Å². The Morgan fingerprint density at radius 2 is 1.00 bits per heavy atom. The maximum absolute atomic E-state index is 2.51. The molecule has 0 aliphatic rings. The van der Waals surface area contributed by atoms with E-state index in [0.717, 1.165) is 0 Å². The minimum atomic E-state index is -0.618. The molecule has 0 unspecified atom stereocenters. The van der Waals surface area contributed by atoms with Crippen LogP contribution < -0.4 is 0 Å². The van der Waals surface area contributed by atoms with E-state index in [1.54, 1.807) is 0 Å². The van der Waals surface area contributed by atoms with Gasteiger partial charge in [0, 0.05) is 0 Å². The third kappa shape index (κ3) is 9.11. The summed E-state index contributed by atoms with van der Waals surface area (Å²) in [5.41, 5.74) is 0. The summed E-state index contributed by atoms with van der Waals surface area (Å²) in [4.78, 5) is 0. The Bertz CT molecular complexity index is 8.00. The Labute approximate surface area is 57.9 Å². The molecule has 0 aromatic heterocycles. The van der Waals surface area contributed by atoms with Crippen LogP contribution >= 0.6 is 42.9 Å². The van der Waals surface area contributed by atoms with Gasteiger partial charge in [0.2, 0.25) is 0 Å². The van der Waals surface area contributed by atoms with Gasteiger partial charge in [0.05, 0.1) is 0 Å². The molecule has 0 aliphatic carbocycles. The topological polar surface area (TPSA) is 0 Å². The number of rotatable bonds is 0.